The molecule has 0 aromatic heterocycles. The highest BCUT2D eigenvalue weighted by atomic mass is 32.2. The van der Waals surface area contributed by atoms with Crippen molar-refractivity contribution in [1.82, 2.24) is 9.62 Å². The van der Waals surface area contributed by atoms with Crippen LogP contribution < -0.4 is 5.32 Å². The third-order valence-electron chi connectivity index (χ3n) is 5.15. The Morgan fingerprint density at radius 1 is 1.10 bits per heavy atom. The van der Waals surface area contributed by atoms with Gasteiger partial charge in [0, 0.05) is 18.6 Å². The molecule has 1 fully saturated rings. The molecule has 1 N–H and O–H groups in total. The summed E-state index contributed by atoms with van der Waals surface area (Å²) >= 11 is 0. The van der Waals surface area contributed by atoms with Crippen molar-refractivity contribution >= 4 is 21.9 Å². The van der Waals surface area contributed by atoms with Crippen molar-refractivity contribution in [2.45, 2.75) is 77.8 Å². The van der Waals surface area contributed by atoms with Crippen LogP contribution in [0.15, 0.2) is 17.0 Å². The van der Waals surface area contributed by atoms with Crippen molar-refractivity contribution in [3.8, 4) is 0 Å². The van der Waals surface area contributed by atoms with Crippen molar-refractivity contribution in [3.63, 3.8) is 0 Å². The molecular formula is C22H34N2O5S. The van der Waals surface area contributed by atoms with Crippen LogP contribution in [0.4, 0.5) is 0 Å². The van der Waals surface area contributed by atoms with Gasteiger partial charge in [0.2, 0.25) is 10.0 Å². The highest BCUT2D eigenvalue weighted by Crippen LogP contribution is 2.29. The number of nitrogens with one attached hydrogen (secondary N) is 1. The van der Waals surface area contributed by atoms with E-state index in [9.17, 15) is 18.0 Å². The molecule has 1 aromatic rings. The molecule has 0 aliphatic carbocycles. The molecule has 0 bridgehead atoms. The Morgan fingerprint density at radius 3 is 2.07 bits per heavy atom. The summed E-state index contributed by atoms with van der Waals surface area (Å²) in [6.07, 6.45) is -0.151. The smallest absolute Gasteiger partial charge is 0.309 e. The molecule has 1 amide bonds. The molecule has 0 saturated carbocycles. The van der Waals surface area contributed by atoms with E-state index in [0.29, 0.717) is 17.7 Å². The maximum Gasteiger partial charge on any atom is 0.309 e. The van der Waals surface area contributed by atoms with E-state index in [2.05, 4.69) is 5.32 Å². The maximum absolute atomic E-state index is 13.2. The number of sulfonamides is 1. The van der Waals surface area contributed by atoms with E-state index in [-0.39, 0.29) is 19.0 Å². The predicted molar refractivity (Wildman–Crippen MR) is 116 cm³/mol. The number of rotatable bonds is 5. The summed E-state index contributed by atoms with van der Waals surface area (Å²) in [6, 6.07) is 3.74. The van der Waals surface area contributed by atoms with Gasteiger partial charge in [0.05, 0.1) is 10.8 Å². The molecule has 1 unspecified atom stereocenters. The Hall–Kier alpha value is -1.93. The van der Waals surface area contributed by atoms with Gasteiger partial charge in [0.25, 0.3) is 5.91 Å². The number of piperidine rings is 1. The first-order valence-electron chi connectivity index (χ1n) is 10.3. The number of carbonyl (C=O) groups is 2. The SMILES string of the molecule is Cc1cc(C)c(S(=O)(=O)N2CCC(C(=O)OC(C)C(=O)NC(C)(C)C)CC2)c(C)c1. The zero-order chi connectivity index (χ0) is 22.9. The average Bonchev–Trinajstić information content (AvgIpc) is 2.59. The van der Waals surface area contributed by atoms with Crippen LogP contribution in [-0.2, 0) is 24.3 Å². The highest BCUT2D eigenvalue weighted by molar-refractivity contribution is 7.89. The van der Waals surface area contributed by atoms with Crippen molar-refractivity contribution in [2.75, 3.05) is 13.1 Å². The number of esters is 1. The van der Waals surface area contributed by atoms with E-state index in [4.69, 9.17) is 4.74 Å². The molecule has 2 rings (SSSR count). The van der Waals surface area contributed by atoms with Gasteiger partial charge in [-0.15, -0.1) is 0 Å². The Labute approximate surface area is 180 Å². The van der Waals surface area contributed by atoms with E-state index in [1.165, 1.54) is 4.31 Å². The number of aryl methyl sites for hydroxylation is 3. The number of amides is 1. The van der Waals surface area contributed by atoms with E-state index in [0.717, 1.165) is 16.7 Å². The van der Waals surface area contributed by atoms with Crippen molar-refractivity contribution in [2.24, 2.45) is 5.92 Å². The third-order valence-corrected chi connectivity index (χ3v) is 7.35. The van der Waals surface area contributed by atoms with Crippen molar-refractivity contribution in [1.29, 1.82) is 0 Å². The van der Waals surface area contributed by atoms with Crippen LogP contribution in [0, 0.1) is 26.7 Å². The van der Waals surface area contributed by atoms with Crippen LogP contribution in [0.1, 0.15) is 57.2 Å². The summed E-state index contributed by atoms with van der Waals surface area (Å²) in [4.78, 5) is 25.0. The lowest BCUT2D eigenvalue weighted by atomic mass is 9.98. The monoisotopic (exact) mass is 438 g/mol. The fraction of sp³-hybridized carbons (Fsp3) is 0.636. The van der Waals surface area contributed by atoms with Crippen LogP contribution >= 0.6 is 0 Å². The van der Waals surface area contributed by atoms with Gasteiger partial charge < -0.3 is 10.1 Å². The second-order valence-electron chi connectivity index (χ2n) is 9.22. The van der Waals surface area contributed by atoms with Crippen LogP contribution in [0.5, 0.6) is 0 Å². The Balaban J connectivity index is 2.01. The molecule has 1 aromatic carbocycles. The minimum Gasteiger partial charge on any atom is -0.452 e. The number of benzene rings is 1. The van der Waals surface area contributed by atoms with Gasteiger partial charge in [-0.1, -0.05) is 17.7 Å². The largest absolute Gasteiger partial charge is 0.452 e. The number of carbonyl (C=O) groups excluding carboxylic acids is 2. The molecule has 168 valence electrons. The molecule has 1 heterocycles. The van der Waals surface area contributed by atoms with Gasteiger partial charge >= 0.3 is 5.97 Å². The Morgan fingerprint density at radius 2 is 1.60 bits per heavy atom. The first kappa shape index (κ1) is 24.3. The minimum absolute atomic E-state index is 0.247. The normalized spacial score (nSPS) is 17.4. The zero-order valence-corrected chi connectivity index (χ0v) is 19.9. The van der Waals surface area contributed by atoms with Crippen LogP contribution in [0.3, 0.4) is 0 Å². The standard InChI is InChI=1S/C22H34N2O5S/c1-14-12-15(2)19(16(3)13-14)30(27,28)24-10-8-18(9-11-24)21(26)29-17(4)20(25)23-22(5,6)7/h12-13,17-18H,8-11H2,1-7H3,(H,23,25). The molecule has 1 aliphatic heterocycles. The summed E-state index contributed by atoms with van der Waals surface area (Å²) in [6.45, 7) is 13.2. The quantitative estimate of drug-likeness (QED) is 0.714. The van der Waals surface area contributed by atoms with Gasteiger partial charge in [0.15, 0.2) is 6.10 Å². The van der Waals surface area contributed by atoms with E-state index in [1.807, 2.05) is 39.8 Å². The second-order valence-corrected chi connectivity index (χ2v) is 11.1. The summed E-state index contributed by atoms with van der Waals surface area (Å²) in [5, 5.41) is 2.78. The van der Waals surface area contributed by atoms with E-state index >= 15 is 0 Å². The number of nitrogens with zero attached hydrogens (tertiary/aromatic N) is 1. The first-order chi connectivity index (χ1) is 13.7. The predicted octanol–water partition coefficient (Wildman–Crippen LogP) is 2.86. The molecule has 7 nitrogen and oxygen atoms in total. The van der Waals surface area contributed by atoms with Gasteiger partial charge in [-0.2, -0.15) is 4.31 Å². The third kappa shape index (κ3) is 5.82. The fourth-order valence-corrected chi connectivity index (χ4v) is 5.71. The summed E-state index contributed by atoms with van der Waals surface area (Å²) in [5.41, 5.74) is 2.07. The topological polar surface area (TPSA) is 92.8 Å². The number of hydrogen-bond donors (Lipinski definition) is 1. The maximum atomic E-state index is 13.2. The molecule has 1 aliphatic rings. The van der Waals surface area contributed by atoms with Crippen molar-refractivity contribution < 1.29 is 22.7 Å². The van der Waals surface area contributed by atoms with Gasteiger partial charge in [-0.3, -0.25) is 9.59 Å². The number of ether oxygens (including phenoxy) is 1. The molecule has 0 radical (unpaired) electrons. The second kappa shape index (κ2) is 9.06. The van der Waals surface area contributed by atoms with Crippen molar-refractivity contribution in [3.05, 3.63) is 28.8 Å². The van der Waals surface area contributed by atoms with E-state index < -0.39 is 33.6 Å². The fourth-order valence-electron chi connectivity index (χ4n) is 3.83. The zero-order valence-electron chi connectivity index (χ0n) is 19.0. The lowest BCUT2D eigenvalue weighted by Gasteiger charge is -2.31. The molecule has 1 saturated heterocycles. The van der Waals surface area contributed by atoms with Crippen LogP contribution in [0.2, 0.25) is 0 Å². The lowest BCUT2D eigenvalue weighted by Crippen LogP contribution is -2.47. The van der Waals surface area contributed by atoms with Gasteiger partial charge in [0.1, 0.15) is 0 Å². The molecular weight excluding hydrogens is 404 g/mol. The lowest BCUT2D eigenvalue weighted by molar-refractivity contribution is -0.160. The Bertz CT molecular complexity index is 887. The molecule has 30 heavy (non-hydrogen) atoms. The van der Waals surface area contributed by atoms with Crippen LogP contribution in [-0.4, -0.2) is 49.3 Å². The summed E-state index contributed by atoms with van der Waals surface area (Å²) < 4.78 is 33.1. The van der Waals surface area contributed by atoms with Gasteiger partial charge in [-0.25, -0.2) is 8.42 Å². The summed E-state index contributed by atoms with van der Waals surface area (Å²) in [5.74, 6) is -1.21. The highest BCUT2D eigenvalue weighted by Gasteiger charge is 2.35. The molecule has 0 spiro atoms. The molecule has 1 atom stereocenters. The molecule has 8 heteroatoms. The summed E-state index contributed by atoms with van der Waals surface area (Å²) in [7, 11) is -3.63. The average molecular weight is 439 g/mol. The minimum atomic E-state index is -3.63. The van der Waals surface area contributed by atoms with E-state index in [1.54, 1.807) is 20.8 Å². The van der Waals surface area contributed by atoms with Crippen LogP contribution in [0.25, 0.3) is 0 Å². The van der Waals surface area contributed by atoms with Gasteiger partial charge in [-0.05, 0) is 72.4 Å². The Kier molecular flexibility index (Phi) is 7.35. The first-order valence-corrected chi connectivity index (χ1v) is 11.8. The number of hydrogen-bond acceptors (Lipinski definition) is 5.